The standard InChI is InChI=1S/C13H15NO3/c1-8-6-11(17-3)12-9(7-15)4-5-10(16-2)13(12)14-8/h4-6,15H,7H2,1-3H3. The van der Waals surface area contributed by atoms with E-state index in [2.05, 4.69) is 4.98 Å². The highest BCUT2D eigenvalue weighted by Crippen LogP contribution is 2.34. The molecular formula is C13H15NO3. The predicted octanol–water partition coefficient (Wildman–Crippen LogP) is 2.05. The van der Waals surface area contributed by atoms with Gasteiger partial charge in [-0.15, -0.1) is 0 Å². The van der Waals surface area contributed by atoms with Gasteiger partial charge in [-0.3, -0.25) is 0 Å². The summed E-state index contributed by atoms with van der Waals surface area (Å²) in [4.78, 5) is 4.45. The molecule has 90 valence electrons. The summed E-state index contributed by atoms with van der Waals surface area (Å²) >= 11 is 0. The zero-order chi connectivity index (χ0) is 12.4. The molecule has 2 aromatic rings. The van der Waals surface area contributed by atoms with Crippen LogP contribution in [0.1, 0.15) is 11.3 Å². The van der Waals surface area contributed by atoms with Crippen molar-refractivity contribution < 1.29 is 14.6 Å². The van der Waals surface area contributed by atoms with E-state index in [9.17, 15) is 5.11 Å². The van der Waals surface area contributed by atoms with Crippen LogP contribution in [0.25, 0.3) is 10.9 Å². The molecule has 1 heterocycles. The molecule has 0 amide bonds. The number of methoxy groups -OCH3 is 2. The SMILES string of the molecule is COc1ccc(CO)c2c(OC)cc(C)nc12. The molecule has 17 heavy (non-hydrogen) atoms. The van der Waals surface area contributed by atoms with Crippen LogP contribution in [0, 0.1) is 6.92 Å². The van der Waals surface area contributed by atoms with Gasteiger partial charge < -0.3 is 14.6 Å². The van der Waals surface area contributed by atoms with Crippen molar-refractivity contribution >= 4 is 10.9 Å². The molecule has 0 unspecified atom stereocenters. The fourth-order valence-electron chi connectivity index (χ4n) is 1.93. The second kappa shape index (κ2) is 4.59. The first-order chi connectivity index (χ1) is 8.21. The van der Waals surface area contributed by atoms with Gasteiger partial charge >= 0.3 is 0 Å². The molecule has 0 aliphatic heterocycles. The van der Waals surface area contributed by atoms with Gasteiger partial charge in [0.1, 0.15) is 17.0 Å². The molecule has 1 aromatic heterocycles. The number of aromatic nitrogens is 1. The van der Waals surface area contributed by atoms with Crippen molar-refractivity contribution in [2.75, 3.05) is 14.2 Å². The smallest absolute Gasteiger partial charge is 0.145 e. The highest BCUT2D eigenvalue weighted by molar-refractivity contribution is 5.92. The highest BCUT2D eigenvalue weighted by Gasteiger charge is 2.13. The van der Waals surface area contributed by atoms with Gasteiger partial charge in [0.05, 0.1) is 26.2 Å². The van der Waals surface area contributed by atoms with Crippen LogP contribution >= 0.6 is 0 Å². The molecule has 4 nitrogen and oxygen atoms in total. The third-order valence-electron chi connectivity index (χ3n) is 2.71. The Morgan fingerprint density at radius 3 is 2.47 bits per heavy atom. The van der Waals surface area contributed by atoms with E-state index in [0.717, 1.165) is 22.2 Å². The fourth-order valence-corrected chi connectivity index (χ4v) is 1.93. The molecule has 0 aliphatic rings. The number of hydrogen-bond donors (Lipinski definition) is 1. The topological polar surface area (TPSA) is 51.6 Å². The number of benzene rings is 1. The largest absolute Gasteiger partial charge is 0.496 e. The van der Waals surface area contributed by atoms with Gasteiger partial charge in [-0.25, -0.2) is 4.98 Å². The molecule has 4 heteroatoms. The number of pyridine rings is 1. The minimum absolute atomic E-state index is 0.0540. The van der Waals surface area contributed by atoms with E-state index in [-0.39, 0.29) is 6.61 Å². The number of hydrogen-bond acceptors (Lipinski definition) is 4. The number of aliphatic hydroxyl groups is 1. The molecule has 1 N–H and O–H groups in total. The number of fused-ring (bicyclic) bond motifs is 1. The van der Waals surface area contributed by atoms with Crippen molar-refractivity contribution in [2.45, 2.75) is 13.5 Å². The first-order valence-corrected chi connectivity index (χ1v) is 5.33. The van der Waals surface area contributed by atoms with Gasteiger partial charge in [0, 0.05) is 11.8 Å². The van der Waals surface area contributed by atoms with Crippen molar-refractivity contribution in [1.82, 2.24) is 4.98 Å². The summed E-state index contributed by atoms with van der Waals surface area (Å²) in [5.41, 5.74) is 2.35. The first kappa shape index (κ1) is 11.7. The van der Waals surface area contributed by atoms with Crippen LogP contribution in [0.15, 0.2) is 18.2 Å². The molecule has 0 radical (unpaired) electrons. The lowest BCUT2D eigenvalue weighted by Gasteiger charge is -2.12. The van der Waals surface area contributed by atoms with Gasteiger partial charge in [0.2, 0.25) is 0 Å². The lowest BCUT2D eigenvalue weighted by Crippen LogP contribution is -1.97. The van der Waals surface area contributed by atoms with E-state index in [1.807, 2.05) is 19.1 Å². The van der Waals surface area contributed by atoms with Gasteiger partial charge in [-0.1, -0.05) is 6.07 Å². The Morgan fingerprint density at radius 2 is 1.88 bits per heavy atom. The summed E-state index contributed by atoms with van der Waals surface area (Å²) in [5, 5.41) is 10.2. The van der Waals surface area contributed by atoms with Crippen LogP contribution in [0.3, 0.4) is 0 Å². The van der Waals surface area contributed by atoms with Crippen LogP contribution in [-0.2, 0) is 6.61 Å². The van der Waals surface area contributed by atoms with E-state index >= 15 is 0 Å². The quantitative estimate of drug-likeness (QED) is 0.881. The zero-order valence-corrected chi connectivity index (χ0v) is 10.2. The summed E-state index contributed by atoms with van der Waals surface area (Å²) in [6, 6.07) is 5.47. The van der Waals surface area contributed by atoms with Gasteiger partial charge in [-0.2, -0.15) is 0 Å². The lowest BCUT2D eigenvalue weighted by molar-refractivity contribution is 0.283. The maximum atomic E-state index is 9.36. The Morgan fingerprint density at radius 1 is 1.18 bits per heavy atom. The summed E-state index contributed by atoms with van der Waals surface area (Å²) < 4.78 is 10.6. The monoisotopic (exact) mass is 233 g/mol. The molecule has 0 spiro atoms. The second-order valence-electron chi connectivity index (χ2n) is 3.77. The lowest BCUT2D eigenvalue weighted by atomic mass is 10.1. The Kier molecular flexibility index (Phi) is 3.15. The summed E-state index contributed by atoms with van der Waals surface area (Å²) in [5.74, 6) is 1.38. The van der Waals surface area contributed by atoms with Gasteiger partial charge in [0.15, 0.2) is 0 Å². The normalized spacial score (nSPS) is 10.6. The minimum atomic E-state index is -0.0540. The van der Waals surface area contributed by atoms with E-state index in [1.165, 1.54) is 0 Å². The van der Waals surface area contributed by atoms with E-state index < -0.39 is 0 Å². The average molecular weight is 233 g/mol. The average Bonchev–Trinajstić information content (AvgIpc) is 2.36. The van der Waals surface area contributed by atoms with E-state index in [0.29, 0.717) is 11.5 Å². The summed E-state index contributed by atoms with van der Waals surface area (Å²) in [7, 11) is 3.21. The fraction of sp³-hybridized carbons (Fsp3) is 0.308. The van der Waals surface area contributed by atoms with Crippen molar-refractivity contribution in [3.05, 3.63) is 29.5 Å². The van der Waals surface area contributed by atoms with Crippen LogP contribution in [0.4, 0.5) is 0 Å². The van der Waals surface area contributed by atoms with Crippen molar-refractivity contribution in [3.63, 3.8) is 0 Å². The number of aryl methyl sites for hydroxylation is 1. The minimum Gasteiger partial charge on any atom is -0.496 e. The molecule has 0 saturated heterocycles. The molecule has 1 aromatic carbocycles. The Hall–Kier alpha value is -1.81. The summed E-state index contributed by atoms with van der Waals surface area (Å²) in [6.07, 6.45) is 0. The molecule has 0 fully saturated rings. The molecular weight excluding hydrogens is 218 g/mol. The van der Waals surface area contributed by atoms with Crippen LogP contribution < -0.4 is 9.47 Å². The third-order valence-corrected chi connectivity index (χ3v) is 2.71. The second-order valence-corrected chi connectivity index (χ2v) is 3.77. The van der Waals surface area contributed by atoms with E-state index in [4.69, 9.17) is 9.47 Å². The molecule has 2 rings (SSSR count). The zero-order valence-electron chi connectivity index (χ0n) is 10.2. The van der Waals surface area contributed by atoms with Crippen LogP contribution in [0.5, 0.6) is 11.5 Å². The number of rotatable bonds is 3. The van der Waals surface area contributed by atoms with Crippen LogP contribution in [-0.4, -0.2) is 24.3 Å². The molecule has 0 saturated carbocycles. The highest BCUT2D eigenvalue weighted by atomic mass is 16.5. The molecule has 0 bridgehead atoms. The van der Waals surface area contributed by atoms with Crippen molar-refractivity contribution in [1.29, 1.82) is 0 Å². The van der Waals surface area contributed by atoms with Crippen molar-refractivity contribution in [3.8, 4) is 11.5 Å². The number of nitrogens with zero attached hydrogens (tertiary/aromatic N) is 1. The maximum absolute atomic E-state index is 9.36. The third kappa shape index (κ3) is 1.91. The Balaban J connectivity index is 2.89. The van der Waals surface area contributed by atoms with Crippen LogP contribution in [0.2, 0.25) is 0 Å². The van der Waals surface area contributed by atoms with Gasteiger partial charge in [0.25, 0.3) is 0 Å². The van der Waals surface area contributed by atoms with Gasteiger partial charge in [-0.05, 0) is 18.6 Å². The molecule has 0 aliphatic carbocycles. The summed E-state index contributed by atoms with van der Waals surface area (Å²) in [6.45, 7) is 1.84. The number of ether oxygens (including phenoxy) is 2. The van der Waals surface area contributed by atoms with E-state index in [1.54, 1.807) is 20.3 Å². The Bertz CT molecular complexity index is 552. The Labute approximate surface area is 99.8 Å². The van der Waals surface area contributed by atoms with Crippen molar-refractivity contribution in [2.24, 2.45) is 0 Å². The predicted molar refractivity (Wildman–Crippen MR) is 65.5 cm³/mol. The first-order valence-electron chi connectivity index (χ1n) is 5.33. The molecule has 0 atom stereocenters. The number of aliphatic hydroxyl groups excluding tert-OH is 1. The maximum Gasteiger partial charge on any atom is 0.145 e.